The molecule has 0 aliphatic heterocycles. The van der Waals surface area contributed by atoms with Gasteiger partial charge in [-0.1, -0.05) is 39.4 Å². The van der Waals surface area contributed by atoms with Gasteiger partial charge in [-0.2, -0.15) is 0 Å². The van der Waals surface area contributed by atoms with E-state index in [1.165, 1.54) is 9.60 Å². The Balaban J connectivity index is 1.96. The number of halogens is 1. The molecule has 0 saturated heterocycles. The molecule has 0 unspecified atom stereocenters. The van der Waals surface area contributed by atoms with E-state index in [1.54, 1.807) is 23.1 Å². The second-order valence-electron chi connectivity index (χ2n) is 3.96. The number of nitrogens with one attached hydrogen (secondary N) is 1. The third-order valence-electron chi connectivity index (χ3n) is 2.70. The third-order valence-corrected chi connectivity index (χ3v) is 4.94. The van der Waals surface area contributed by atoms with Crippen molar-refractivity contribution in [2.24, 2.45) is 0 Å². The molecule has 0 spiro atoms. The number of thioether (sulfide) groups is 1. The fraction of sp³-hybridized carbons (Fsp3) is 0.0714. The van der Waals surface area contributed by atoms with Crippen LogP contribution in [-0.4, -0.2) is 11.2 Å². The third kappa shape index (κ3) is 2.78. The van der Waals surface area contributed by atoms with Crippen molar-refractivity contribution >= 4 is 60.1 Å². The summed E-state index contributed by atoms with van der Waals surface area (Å²) in [5, 5.41) is 4.33. The van der Waals surface area contributed by atoms with Crippen LogP contribution < -0.4 is 5.32 Å². The molecule has 96 valence electrons. The van der Waals surface area contributed by atoms with Gasteiger partial charge in [0.25, 0.3) is 0 Å². The highest BCUT2D eigenvalue weighted by molar-refractivity contribution is 9.10. The van der Waals surface area contributed by atoms with Crippen LogP contribution in [0.4, 0.5) is 10.8 Å². The van der Waals surface area contributed by atoms with E-state index in [9.17, 15) is 0 Å². The first-order valence-electron chi connectivity index (χ1n) is 5.72. The first-order chi connectivity index (χ1) is 9.26. The van der Waals surface area contributed by atoms with Gasteiger partial charge >= 0.3 is 0 Å². The molecule has 0 radical (unpaired) electrons. The van der Waals surface area contributed by atoms with Gasteiger partial charge in [0, 0.05) is 9.37 Å². The Bertz CT molecular complexity index is 724. The Labute approximate surface area is 128 Å². The SMILES string of the molecule is CSc1ccccc1Nc1nc2cc(Br)ccc2s1. The Morgan fingerprint density at radius 1 is 1.21 bits per heavy atom. The molecule has 0 aliphatic rings. The van der Waals surface area contributed by atoms with Gasteiger partial charge in [0.05, 0.1) is 15.9 Å². The molecule has 0 atom stereocenters. The fourth-order valence-corrected chi connectivity index (χ4v) is 3.58. The molecular weight excluding hydrogens is 340 g/mol. The Hall–Kier alpha value is -1.04. The van der Waals surface area contributed by atoms with Crippen molar-refractivity contribution in [3.05, 3.63) is 46.9 Å². The molecule has 1 heterocycles. The first kappa shape index (κ1) is 13.0. The van der Waals surface area contributed by atoms with Crippen LogP contribution in [0, 0.1) is 0 Å². The summed E-state index contributed by atoms with van der Waals surface area (Å²) < 4.78 is 2.24. The zero-order valence-electron chi connectivity index (χ0n) is 10.2. The number of nitrogens with zero attached hydrogens (tertiary/aromatic N) is 1. The van der Waals surface area contributed by atoms with Crippen molar-refractivity contribution in [2.45, 2.75) is 4.90 Å². The Morgan fingerprint density at radius 3 is 2.89 bits per heavy atom. The van der Waals surface area contributed by atoms with Gasteiger partial charge in [0.15, 0.2) is 5.13 Å². The van der Waals surface area contributed by atoms with Crippen LogP contribution in [0.3, 0.4) is 0 Å². The predicted octanol–water partition coefficient (Wildman–Crippen LogP) is 5.52. The molecule has 3 aromatic rings. The molecule has 2 aromatic carbocycles. The Morgan fingerprint density at radius 2 is 2.05 bits per heavy atom. The summed E-state index contributed by atoms with van der Waals surface area (Å²) in [6.45, 7) is 0. The minimum absolute atomic E-state index is 0.926. The van der Waals surface area contributed by atoms with Crippen molar-refractivity contribution < 1.29 is 0 Å². The van der Waals surface area contributed by atoms with Crippen molar-refractivity contribution in [1.82, 2.24) is 4.98 Å². The van der Waals surface area contributed by atoms with E-state index in [4.69, 9.17) is 0 Å². The van der Waals surface area contributed by atoms with Crippen molar-refractivity contribution in [3.63, 3.8) is 0 Å². The largest absolute Gasteiger partial charge is 0.331 e. The topological polar surface area (TPSA) is 24.9 Å². The van der Waals surface area contributed by atoms with Crippen LogP contribution in [0.15, 0.2) is 51.8 Å². The number of hydrogen-bond donors (Lipinski definition) is 1. The summed E-state index contributed by atoms with van der Waals surface area (Å²) in [6, 6.07) is 14.4. The van der Waals surface area contributed by atoms with E-state index in [2.05, 4.69) is 50.7 Å². The van der Waals surface area contributed by atoms with Crippen molar-refractivity contribution in [1.29, 1.82) is 0 Å². The minimum Gasteiger partial charge on any atom is -0.331 e. The van der Waals surface area contributed by atoms with Gasteiger partial charge in [0.2, 0.25) is 0 Å². The zero-order chi connectivity index (χ0) is 13.2. The maximum Gasteiger partial charge on any atom is 0.188 e. The van der Waals surface area contributed by atoms with Crippen LogP contribution in [0.2, 0.25) is 0 Å². The van der Waals surface area contributed by atoms with Crippen LogP contribution >= 0.6 is 39.0 Å². The van der Waals surface area contributed by atoms with E-state index < -0.39 is 0 Å². The highest BCUT2D eigenvalue weighted by Crippen LogP contribution is 2.33. The number of rotatable bonds is 3. The van der Waals surface area contributed by atoms with Gasteiger partial charge in [0.1, 0.15) is 0 Å². The number of para-hydroxylation sites is 1. The lowest BCUT2D eigenvalue weighted by Crippen LogP contribution is -1.90. The van der Waals surface area contributed by atoms with Gasteiger partial charge < -0.3 is 5.32 Å². The number of aromatic nitrogens is 1. The molecule has 0 fully saturated rings. The molecule has 5 heteroatoms. The fourth-order valence-electron chi connectivity index (χ4n) is 1.82. The number of anilines is 2. The lowest BCUT2D eigenvalue weighted by atomic mass is 10.3. The molecule has 0 bridgehead atoms. The monoisotopic (exact) mass is 350 g/mol. The van der Waals surface area contributed by atoms with Gasteiger partial charge in [-0.25, -0.2) is 4.98 Å². The number of benzene rings is 2. The van der Waals surface area contributed by atoms with Gasteiger partial charge in [-0.3, -0.25) is 0 Å². The smallest absolute Gasteiger partial charge is 0.188 e. The Kier molecular flexibility index (Phi) is 3.77. The van der Waals surface area contributed by atoms with Crippen LogP contribution in [-0.2, 0) is 0 Å². The average molecular weight is 351 g/mol. The van der Waals surface area contributed by atoms with Crippen LogP contribution in [0.5, 0.6) is 0 Å². The molecule has 0 saturated carbocycles. The normalized spacial score (nSPS) is 10.8. The van der Waals surface area contributed by atoms with Crippen LogP contribution in [0.1, 0.15) is 0 Å². The summed E-state index contributed by atoms with van der Waals surface area (Å²) in [4.78, 5) is 5.84. The minimum atomic E-state index is 0.926. The van der Waals surface area contributed by atoms with Gasteiger partial charge in [-0.05, 0) is 36.6 Å². The predicted molar refractivity (Wildman–Crippen MR) is 88.8 cm³/mol. The highest BCUT2D eigenvalue weighted by Gasteiger charge is 2.06. The van der Waals surface area contributed by atoms with E-state index in [0.717, 1.165) is 20.8 Å². The molecule has 1 N–H and O–H groups in total. The second-order valence-corrected chi connectivity index (χ2v) is 6.75. The summed E-state index contributed by atoms with van der Waals surface area (Å²) in [5.74, 6) is 0. The molecular formula is C14H11BrN2S2. The van der Waals surface area contributed by atoms with E-state index in [-0.39, 0.29) is 0 Å². The summed E-state index contributed by atoms with van der Waals surface area (Å²) in [6.07, 6.45) is 2.08. The first-order valence-corrected chi connectivity index (χ1v) is 8.56. The number of fused-ring (bicyclic) bond motifs is 1. The lowest BCUT2D eigenvalue weighted by Gasteiger charge is -2.06. The van der Waals surface area contributed by atoms with E-state index >= 15 is 0 Å². The van der Waals surface area contributed by atoms with Gasteiger partial charge in [-0.15, -0.1) is 11.8 Å². The summed E-state index contributed by atoms with van der Waals surface area (Å²) in [5.41, 5.74) is 2.12. The lowest BCUT2D eigenvalue weighted by molar-refractivity contribution is 1.38. The highest BCUT2D eigenvalue weighted by atomic mass is 79.9. The average Bonchev–Trinajstić information content (AvgIpc) is 2.80. The summed E-state index contributed by atoms with van der Waals surface area (Å²) >= 11 is 6.87. The second kappa shape index (κ2) is 5.53. The zero-order valence-corrected chi connectivity index (χ0v) is 13.4. The number of hydrogen-bond acceptors (Lipinski definition) is 4. The van der Waals surface area contributed by atoms with Crippen molar-refractivity contribution in [3.8, 4) is 0 Å². The number of thiazole rings is 1. The molecule has 1 aromatic heterocycles. The van der Waals surface area contributed by atoms with E-state index in [0.29, 0.717) is 0 Å². The molecule has 2 nitrogen and oxygen atoms in total. The summed E-state index contributed by atoms with van der Waals surface area (Å²) in [7, 11) is 0. The molecule has 19 heavy (non-hydrogen) atoms. The van der Waals surface area contributed by atoms with Crippen molar-refractivity contribution in [2.75, 3.05) is 11.6 Å². The molecule has 0 aliphatic carbocycles. The van der Waals surface area contributed by atoms with E-state index in [1.807, 2.05) is 24.3 Å². The maximum atomic E-state index is 4.61. The van der Waals surface area contributed by atoms with Crippen LogP contribution in [0.25, 0.3) is 10.2 Å². The molecule has 3 rings (SSSR count). The standard InChI is InChI=1S/C14H11BrN2S2/c1-18-12-5-3-2-4-10(12)16-14-17-11-8-9(15)6-7-13(11)19-14/h2-8H,1H3,(H,16,17). The maximum absolute atomic E-state index is 4.61. The quantitative estimate of drug-likeness (QED) is 0.629. The molecule has 0 amide bonds.